The molecule has 1 aromatic rings. The molecule has 2 heterocycles. The molecule has 0 aromatic carbocycles. The molecule has 1 aliphatic heterocycles. The monoisotopic (exact) mass is 221 g/mol. The lowest BCUT2D eigenvalue weighted by Crippen LogP contribution is -2.45. The lowest BCUT2D eigenvalue weighted by molar-refractivity contribution is 0.110. The normalized spacial score (nSPS) is 30.4. The van der Waals surface area contributed by atoms with Crippen molar-refractivity contribution in [3.8, 4) is 0 Å². The van der Waals surface area contributed by atoms with Crippen LogP contribution in [0.5, 0.6) is 0 Å². The summed E-state index contributed by atoms with van der Waals surface area (Å²) in [6.45, 7) is 7.77. The topological polar surface area (TPSA) is 33.5 Å². The molecule has 1 aromatic heterocycles. The molecular weight excluding hydrogens is 202 g/mol. The molecule has 88 valence electrons. The summed E-state index contributed by atoms with van der Waals surface area (Å²) in [5, 5.41) is 0. The second-order valence-corrected chi connectivity index (χ2v) is 5.00. The van der Waals surface area contributed by atoms with Crippen molar-refractivity contribution in [2.75, 3.05) is 11.4 Å². The van der Waals surface area contributed by atoms with Crippen LogP contribution in [0.4, 0.5) is 5.88 Å². The summed E-state index contributed by atoms with van der Waals surface area (Å²) in [6.07, 6.45) is 2.02. The van der Waals surface area contributed by atoms with Gasteiger partial charge in [-0.15, -0.1) is 0 Å². The van der Waals surface area contributed by atoms with Crippen LogP contribution in [-0.4, -0.2) is 18.9 Å². The minimum atomic E-state index is 0.410. The zero-order valence-electron chi connectivity index (χ0n) is 10.1. The molecule has 3 atom stereocenters. The summed E-state index contributed by atoms with van der Waals surface area (Å²) in [5.74, 6) is 2.57. The number of hydrogen-bond acceptors (Lipinski definition) is 3. The van der Waals surface area contributed by atoms with E-state index < -0.39 is 0 Å². The van der Waals surface area contributed by atoms with Crippen molar-refractivity contribution in [2.24, 2.45) is 11.8 Å². The number of hydrogen-bond donors (Lipinski definition) is 0. The van der Waals surface area contributed by atoms with Gasteiger partial charge in [0.25, 0.3) is 0 Å². The second kappa shape index (κ2) is 4.32. The Morgan fingerprint density at radius 2 is 2.12 bits per heavy atom. The van der Waals surface area contributed by atoms with Gasteiger partial charge in [-0.1, -0.05) is 13.8 Å². The maximum Gasteiger partial charge on any atom is 0.196 e. The zero-order chi connectivity index (χ0) is 11.7. The number of piperidine rings is 1. The first-order valence-electron chi connectivity index (χ1n) is 5.93. The molecule has 0 N–H and O–H groups in total. The fourth-order valence-electron chi connectivity index (χ4n) is 2.57. The van der Waals surface area contributed by atoms with Gasteiger partial charge in [0.05, 0.1) is 0 Å². The fourth-order valence-corrected chi connectivity index (χ4v) is 2.57. The number of furan rings is 1. The van der Waals surface area contributed by atoms with Crippen molar-refractivity contribution in [1.29, 1.82) is 0 Å². The van der Waals surface area contributed by atoms with Crippen molar-refractivity contribution in [2.45, 2.75) is 33.2 Å². The third kappa shape index (κ3) is 1.99. The minimum absolute atomic E-state index is 0.410. The number of rotatable bonds is 2. The number of carbonyl (C=O) groups is 1. The third-order valence-corrected chi connectivity index (χ3v) is 3.61. The number of aldehydes is 1. The Morgan fingerprint density at radius 1 is 1.38 bits per heavy atom. The highest BCUT2D eigenvalue weighted by Gasteiger charge is 2.30. The number of nitrogens with zero attached hydrogens (tertiary/aromatic N) is 1. The summed E-state index contributed by atoms with van der Waals surface area (Å²) in [6, 6.07) is 4.10. The van der Waals surface area contributed by atoms with Gasteiger partial charge in [0.1, 0.15) is 0 Å². The molecule has 3 unspecified atom stereocenters. The zero-order valence-corrected chi connectivity index (χ0v) is 10.1. The smallest absolute Gasteiger partial charge is 0.196 e. The van der Waals surface area contributed by atoms with E-state index in [4.69, 9.17) is 4.42 Å². The molecule has 0 aliphatic carbocycles. The van der Waals surface area contributed by atoms with Gasteiger partial charge in [0, 0.05) is 18.7 Å². The number of carbonyl (C=O) groups excluding carboxylic acids is 1. The Morgan fingerprint density at radius 3 is 2.75 bits per heavy atom. The molecule has 3 nitrogen and oxygen atoms in total. The van der Waals surface area contributed by atoms with Crippen LogP contribution in [0, 0.1) is 11.8 Å². The van der Waals surface area contributed by atoms with Crippen molar-refractivity contribution < 1.29 is 9.21 Å². The average molecular weight is 221 g/mol. The molecule has 0 spiro atoms. The highest BCUT2D eigenvalue weighted by molar-refractivity contribution is 5.71. The van der Waals surface area contributed by atoms with E-state index in [-0.39, 0.29) is 0 Å². The molecule has 2 rings (SSSR count). The van der Waals surface area contributed by atoms with Gasteiger partial charge >= 0.3 is 0 Å². The Kier molecular flexibility index (Phi) is 3.03. The molecule has 16 heavy (non-hydrogen) atoms. The summed E-state index contributed by atoms with van der Waals surface area (Å²) in [5.41, 5.74) is 0. The van der Waals surface area contributed by atoms with Crippen molar-refractivity contribution in [3.05, 3.63) is 17.9 Å². The Labute approximate surface area is 96.4 Å². The van der Waals surface area contributed by atoms with E-state index in [1.807, 2.05) is 6.07 Å². The summed E-state index contributed by atoms with van der Waals surface area (Å²) >= 11 is 0. The van der Waals surface area contributed by atoms with E-state index in [0.29, 0.717) is 23.6 Å². The van der Waals surface area contributed by atoms with Crippen molar-refractivity contribution in [1.82, 2.24) is 0 Å². The van der Waals surface area contributed by atoms with Gasteiger partial charge in [-0.2, -0.15) is 0 Å². The van der Waals surface area contributed by atoms with Crippen molar-refractivity contribution in [3.63, 3.8) is 0 Å². The minimum Gasteiger partial charge on any atom is -0.438 e. The highest BCUT2D eigenvalue weighted by atomic mass is 16.4. The largest absolute Gasteiger partial charge is 0.438 e. The Balaban J connectivity index is 2.21. The van der Waals surface area contributed by atoms with Crippen LogP contribution in [0.2, 0.25) is 0 Å². The van der Waals surface area contributed by atoms with Crippen LogP contribution in [0.3, 0.4) is 0 Å². The predicted octanol–water partition coefficient (Wildman–Crippen LogP) is 2.96. The van der Waals surface area contributed by atoms with Gasteiger partial charge < -0.3 is 9.32 Å². The first-order chi connectivity index (χ1) is 7.61. The van der Waals surface area contributed by atoms with E-state index in [9.17, 15) is 4.79 Å². The van der Waals surface area contributed by atoms with Crippen molar-refractivity contribution >= 4 is 12.2 Å². The molecule has 0 amide bonds. The van der Waals surface area contributed by atoms with E-state index in [0.717, 1.165) is 18.7 Å². The molecule has 0 bridgehead atoms. The Hall–Kier alpha value is -1.25. The first-order valence-corrected chi connectivity index (χ1v) is 5.93. The third-order valence-electron chi connectivity index (χ3n) is 3.61. The molecular formula is C13H19NO2. The average Bonchev–Trinajstić information content (AvgIpc) is 2.71. The molecule has 0 radical (unpaired) electrons. The SMILES string of the molecule is CC1CC(C)C(C)N(c2ccc(C=O)o2)C1. The van der Waals surface area contributed by atoms with E-state index in [1.165, 1.54) is 6.42 Å². The summed E-state index contributed by atoms with van der Waals surface area (Å²) < 4.78 is 5.50. The Bertz CT molecular complexity index is 372. The predicted molar refractivity (Wildman–Crippen MR) is 63.8 cm³/mol. The van der Waals surface area contributed by atoms with Crippen LogP contribution < -0.4 is 4.90 Å². The van der Waals surface area contributed by atoms with Gasteiger partial charge in [-0.25, -0.2) is 0 Å². The van der Waals surface area contributed by atoms with Gasteiger partial charge in [-0.05, 0) is 31.2 Å². The van der Waals surface area contributed by atoms with Crippen LogP contribution in [-0.2, 0) is 0 Å². The van der Waals surface area contributed by atoms with Crippen LogP contribution >= 0.6 is 0 Å². The lowest BCUT2D eigenvalue weighted by Gasteiger charge is -2.40. The van der Waals surface area contributed by atoms with Gasteiger partial charge in [0.2, 0.25) is 0 Å². The number of anilines is 1. The maximum atomic E-state index is 10.6. The quantitative estimate of drug-likeness (QED) is 0.720. The van der Waals surface area contributed by atoms with E-state index >= 15 is 0 Å². The summed E-state index contributed by atoms with van der Waals surface area (Å²) in [7, 11) is 0. The van der Waals surface area contributed by atoms with Crippen LogP contribution in [0.1, 0.15) is 37.7 Å². The second-order valence-electron chi connectivity index (χ2n) is 5.00. The standard InChI is InChI=1S/C13H19NO2/c1-9-6-10(2)11(3)14(7-9)13-5-4-12(8-15)16-13/h4-5,8-11H,6-7H2,1-3H3. The molecule has 1 aliphatic rings. The summed E-state index contributed by atoms with van der Waals surface area (Å²) in [4.78, 5) is 12.9. The van der Waals surface area contributed by atoms with E-state index in [1.54, 1.807) is 6.07 Å². The molecule has 1 fully saturated rings. The van der Waals surface area contributed by atoms with Gasteiger partial charge in [0.15, 0.2) is 17.9 Å². The molecule has 3 heteroatoms. The van der Waals surface area contributed by atoms with E-state index in [2.05, 4.69) is 25.7 Å². The molecule has 1 saturated heterocycles. The highest BCUT2D eigenvalue weighted by Crippen LogP contribution is 2.31. The first kappa shape index (κ1) is 11.2. The molecule has 0 saturated carbocycles. The fraction of sp³-hybridized carbons (Fsp3) is 0.615. The maximum absolute atomic E-state index is 10.6. The lowest BCUT2D eigenvalue weighted by atomic mass is 9.86. The van der Waals surface area contributed by atoms with Gasteiger partial charge in [-0.3, -0.25) is 4.79 Å². The van der Waals surface area contributed by atoms with Crippen LogP contribution in [0.25, 0.3) is 0 Å². The van der Waals surface area contributed by atoms with Crippen LogP contribution in [0.15, 0.2) is 16.5 Å².